The summed E-state index contributed by atoms with van der Waals surface area (Å²) in [5.41, 5.74) is 8.66. The second-order valence-electron chi connectivity index (χ2n) is 15.2. The number of aliphatic hydroxyl groups is 1. The molecule has 6 rings (SSSR count). The zero-order chi connectivity index (χ0) is 46.2. The van der Waals surface area contributed by atoms with Crippen molar-refractivity contribution in [3.05, 3.63) is 81.2 Å². The van der Waals surface area contributed by atoms with Crippen LogP contribution in [0.2, 0.25) is 0 Å². The van der Waals surface area contributed by atoms with E-state index in [-0.39, 0.29) is 35.4 Å². The molecule has 0 spiro atoms. The van der Waals surface area contributed by atoms with Crippen molar-refractivity contribution >= 4 is 47.5 Å². The van der Waals surface area contributed by atoms with Gasteiger partial charge in [-0.05, 0) is 42.6 Å². The Hall–Kier alpha value is -6.29. The largest absolute Gasteiger partial charge is 0.456 e. The van der Waals surface area contributed by atoms with Crippen LogP contribution in [0.1, 0.15) is 94.8 Å². The molecule has 22 heteroatoms. The predicted molar refractivity (Wildman–Crippen MR) is 212 cm³/mol. The minimum Gasteiger partial charge on any atom is -0.456 e. The van der Waals surface area contributed by atoms with Gasteiger partial charge in [-0.2, -0.15) is 0 Å². The zero-order valence-corrected chi connectivity index (χ0v) is 35.3. The first-order chi connectivity index (χ1) is 30.7. The minimum absolute atomic E-state index is 0.00855. The summed E-state index contributed by atoms with van der Waals surface area (Å²) in [6.45, 7) is 2.90. The number of esters is 4. The van der Waals surface area contributed by atoms with E-state index in [1.54, 1.807) is 12.1 Å². The molecule has 4 amide bonds. The van der Waals surface area contributed by atoms with Crippen LogP contribution in [-0.2, 0) is 57.1 Å². The summed E-state index contributed by atoms with van der Waals surface area (Å²) in [4.78, 5) is 111. The van der Waals surface area contributed by atoms with E-state index in [0.29, 0.717) is 25.7 Å². The standard InChI is InChI=1S/C42H47N5O17/c1-21(49)59-33-29(19-48)63-42(32(35(33)61-23(3)51)47-39(55)27-15-9-10-16-28(27)40(47)56)58-20-30-34(60-22(2)50)36(62-24(4)52)31(41(64-30)57-18-12-6-5-11-17-44-45-43)46-37(53)25-13-7-8-14-26(25)38(46)54/h7-10,13-16,29-36,41-42,48H,5-6,11-12,17-20H2,1-4H3/t29-,30-,31-,32-,33-,34-,35-,36-,41-,42-/m1/s1. The van der Waals surface area contributed by atoms with E-state index in [1.807, 2.05) is 0 Å². The van der Waals surface area contributed by atoms with Gasteiger partial charge in [-0.3, -0.25) is 48.2 Å². The smallest absolute Gasteiger partial charge is 0.303 e. The van der Waals surface area contributed by atoms with Gasteiger partial charge in [-0.15, -0.1) is 0 Å². The van der Waals surface area contributed by atoms with Crippen molar-refractivity contribution in [2.75, 3.05) is 26.4 Å². The van der Waals surface area contributed by atoms with Crippen LogP contribution >= 0.6 is 0 Å². The lowest BCUT2D eigenvalue weighted by Gasteiger charge is -2.49. The molecule has 2 aromatic carbocycles. The Morgan fingerprint density at radius 1 is 0.609 bits per heavy atom. The van der Waals surface area contributed by atoms with Crippen molar-refractivity contribution < 1.29 is 81.4 Å². The van der Waals surface area contributed by atoms with E-state index in [1.165, 1.54) is 36.4 Å². The number of azide groups is 1. The van der Waals surface area contributed by atoms with Gasteiger partial charge in [0.15, 0.2) is 37.0 Å². The van der Waals surface area contributed by atoms with E-state index in [9.17, 15) is 43.5 Å². The molecule has 0 unspecified atom stereocenters. The van der Waals surface area contributed by atoms with E-state index in [0.717, 1.165) is 37.5 Å². The van der Waals surface area contributed by atoms with E-state index in [2.05, 4.69) is 10.0 Å². The highest BCUT2D eigenvalue weighted by Gasteiger charge is 2.60. The van der Waals surface area contributed by atoms with Crippen molar-refractivity contribution in [1.82, 2.24) is 9.80 Å². The second kappa shape index (κ2) is 20.9. The summed E-state index contributed by atoms with van der Waals surface area (Å²) in [6.07, 6.45) is -10.7. The number of benzene rings is 2. The van der Waals surface area contributed by atoms with Gasteiger partial charge in [-0.1, -0.05) is 42.2 Å². The van der Waals surface area contributed by atoms with E-state index >= 15 is 0 Å². The van der Waals surface area contributed by atoms with E-state index < -0.39 is 122 Å². The Morgan fingerprint density at radius 2 is 1.00 bits per heavy atom. The third-order valence-electron chi connectivity index (χ3n) is 10.8. The second-order valence-corrected chi connectivity index (χ2v) is 15.2. The summed E-state index contributed by atoms with van der Waals surface area (Å²) in [5.74, 6) is -6.86. The molecule has 1 N–H and O–H groups in total. The number of ether oxygens (including phenoxy) is 8. The van der Waals surface area contributed by atoms with Crippen molar-refractivity contribution in [2.24, 2.45) is 5.11 Å². The first kappa shape index (κ1) is 47.2. The SMILES string of the molecule is CC(=O)O[C@H]1[C@H](OC(C)=O)[C@@H](CO)O[C@@H](OC[C@H]2O[C@@H](OCCCCCCN=[N+]=[N-])[C@H](N3C(=O)c4ccccc4C3=O)[C@@H](OC(C)=O)[C@@H]2OC(C)=O)[C@@H]1N1C(=O)c2ccccc2C1=O. The summed E-state index contributed by atoms with van der Waals surface area (Å²) < 4.78 is 47.7. The van der Waals surface area contributed by atoms with Crippen LogP contribution < -0.4 is 0 Å². The Kier molecular flexibility index (Phi) is 15.4. The van der Waals surface area contributed by atoms with Crippen LogP contribution in [0.15, 0.2) is 53.6 Å². The highest BCUT2D eigenvalue weighted by atomic mass is 16.7. The molecule has 2 aromatic rings. The Bertz CT molecular complexity index is 2130. The van der Waals surface area contributed by atoms with Crippen LogP contribution in [0, 0.1) is 0 Å². The Balaban J connectivity index is 1.38. The fourth-order valence-electron chi connectivity index (χ4n) is 8.23. The third kappa shape index (κ3) is 10.1. The Labute approximate surface area is 365 Å². The first-order valence-electron chi connectivity index (χ1n) is 20.5. The number of aliphatic hydroxyl groups excluding tert-OH is 1. The molecule has 64 heavy (non-hydrogen) atoms. The number of hydrogen-bond acceptors (Lipinski definition) is 18. The van der Waals surface area contributed by atoms with Gasteiger partial charge in [0.1, 0.15) is 24.3 Å². The van der Waals surface area contributed by atoms with Gasteiger partial charge in [0.2, 0.25) is 0 Å². The zero-order valence-electron chi connectivity index (χ0n) is 35.3. The molecule has 342 valence electrons. The summed E-state index contributed by atoms with van der Waals surface area (Å²) >= 11 is 0. The van der Waals surface area contributed by atoms with Crippen LogP contribution in [0.3, 0.4) is 0 Å². The fourth-order valence-corrected chi connectivity index (χ4v) is 8.23. The monoisotopic (exact) mass is 893 g/mol. The van der Waals surface area contributed by atoms with Gasteiger partial charge in [0.05, 0.1) is 35.5 Å². The number of carbonyl (C=O) groups excluding carboxylic acids is 8. The van der Waals surface area contributed by atoms with Crippen LogP contribution in [0.25, 0.3) is 10.4 Å². The summed E-state index contributed by atoms with van der Waals surface area (Å²) in [5, 5.41) is 14.0. The molecule has 22 nitrogen and oxygen atoms in total. The molecule has 4 heterocycles. The number of amides is 4. The maximum absolute atomic E-state index is 14.0. The number of hydrogen-bond donors (Lipinski definition) is 1. The van der Waals surface area contributed by atoms with E-state index in [4.69, 9.17) is 43.4 Å². The summed E-state index contributed by atoms with van der Waals surface area (Å²) in [6, 6.07) is 8.59. The van der Waals surface area contributed by atoms with Crippen molar-refractivity contribution in [1.29, 1.82) is 0 Å². The predicted octanol–water partition coefficient (Wildman–Crippen LogP) is 2.39. The highest BCUT2D eigenvalue weighted by molar-refractivity contribution is 6.22. The van der Waals surface area contributed by atoms with Crippen LogP contribution in [0.5, 0.6) is 0 Å². The van der Waals surface area contributed by atoms with Crippen LogP contribution in [-0.4, -0.2) is 150 Å². The first-order valence-corrected chi connectivity index (χ1v) is 20.5. The fraction of sp³-hybridized carbons (Fsp3) is 0.524. The molecular weight excluding hydrogens is 846 g/mol. The average molecular weight is 894 g/mol. The minimum atomic E-state index is -1.80. The number of carbonyl (C=O) groups is 8. The number of unbranched alkanes of at least 4 members (excludes halogenated alkanes) is 3. The van der Waals surface area contributed by atoms with Gasteiger partial charge in [0, 0.05) is 45.8 Å². The van der Waals surface area contributed by atoms with Gasteiger partial charge in [0.25, 0.3) is 23.6 Å². The van der Waals surface area contributed by atoms with Crippen LogP contribution in [0.4, 0.5) is 0 Å². The summed E-state index contributed by atoms with van der Waals surface area (Å²) in [7, 11) is 0. The normalized spacial score (nSPS) is 27.3. The lowest BCUT2D eigenvalue weighted by Crippen LogP contribution is -2.69. The molecule has 0 bridgehead atoms. The highest BCUT2D eigenvalue weighted by Crippen LogP contribution is 2.38. The number of fused-ring (bicyclic) bond motifs is 2. The molecular formula is C42H47N5O17. The van der Waals surface area contributed by atoms with Crippen molar-refractivity contribution in [2.45, 2.75) is 115 Å². The van der Waals surface area contributed by atoms with Crippen molar-refractivity contribution in [3.8, 4) is 0 Å². The molecule has 4 aliphatic heterocycles. The number of imide groups is 2. The molecule has 0 aliphatic carbocycles. The molecule has 10 atom stereocenters. The average Bonchev–Trinajstić information content (AvgIpc) is 3.65. The molecule has 0 aromatic heterocycles. The van der Waals surface area contributed by atoms with Gasteiger partial charge in [-0.25, -0.2) is 0 Å². The topological polar surface area (TPSA) is 286 Å². The molecule has 0 saturated carbocycles. The quantitative estimate of drug-likeness (QED) is 0.0427. The maximum Gasteiger partial charge on any atom is 0.303 e. The van der Waals surface area contributed by atoms with Gasteiger partial charge >= 0.3 is 23.9 Å². The molecule has 2 fully saturated rings. The molecule has 0 radical (unpaired) electrons. The molecule has 2 saturated heterocycles. The van der Waals surface area contributed by atoms with Gasteiger partial charge < -0.3 is 43.0 Å². The Morgan fingerprint density at radius 3 is 1.42 bits per heavy atom. The number of rotatable bonds is 18. The third-order valence-corrected chi connectivity index (χ3v) is 10.8. The lowest BCUT2D eigenvalue weighted by molar-refractivity contribution is -0.315. The lowest BCUT2D eigenvalue weighted by atomic mass is 9.94. The number of nitrogens with zero attached hydrogens (tertiary/aromatic N) is 5. The maximum atomic E-state index is 14.0. The molecule has 4 aliphatic rings. The van der Waals surface area contributed by atoms with Crippen molar-refractivity contribution in [3.63, 3.8) is 0 Å².